The number of aliphatic carboxylic acids is 1. The lowest BCUT2D eigenvalue weighted by Crippen LogP contribution is -2.33. The zero-order valence-corrected chi connectivity index (χ0v) is 13.5. The lowest BCUT2D eigenvalue weighted by Gasteiger charge is -2.15. The van der Waals surface area contributed by atoms with Crippen LogP contribution >= 0.6 is 0 Å². The molecule has 0 aliphatic carbocycles. The number of benzene rings is 1. The van der Waals surface area contributed by atoms with Crippen molar-refractivity contribution in [3.8, 4) is 5.75 Å². The van der Waals surface area contributed by atoms with Crippen LogP contribution in [0.4, 0.5) is 4.39 Å². The molecule has 0 heterocycles. The number of carboxylic acid groups (broad SMARTS) is 1. The van der Waals surface area contributed by atoms with E-state index in [1.807, 2.05) is 13.8 Å². The summed E-state index contributed by atoms with van der Waals surface area (Å²) in [4.78, 5) is 10.9. The van der Waals surface area contributed by atoms with E-state index < -0.39 is 27.7 Å². The van der Waals surface area contributed by atoms with Gasteiger partial charge in [-0.05, 0) is 24.5 Å². The van der Waals surface area contributed by atoms with Gasteiger partial charge in [-0.25, -0.2) is 17.5 Å². The molecule has 8 heteroatoms. The Hall–Kier alpha value is -1.67. The van der Waals surface area contributed by atoms with E-state index in [0.717, 1.165) is 18.2 Å². The van der Waals surface area contributed by atoms with Gasteiger partial charge in [0.2, 0.25) is 10.0 Å². The Morgan fingerprint density at radius 3 is 2.55 bits per heavy atom. The Morgan fingerprint density at radius 1 is 1.41 bits per heavy atom. The number of carboxylic acids is 1. The largest absolute Gasteiger partial charge is 0.494 e. The van der Waals surface area contributed by atoms with Crippen molar-refractivity contribution in [3.63, 3.8) is 0 Å². The Bertz CT molecular complexity index is 630. The third-order valence-electron chi connectivity index (χ3n) is 3.06. The monoisotopic (exact) mass is 333 g/mol. The zero-order valence-electron chi connectivity index (χ0n) is 12.7. The van der Waals surface area contributed by atoms with Crippen molar-refractivity contribution in [2.75, 3.05) is 13.7 Å². The second kappa shape index (κ2) is 7.55. The van der Waals surface area contributed by atoms with Gasteiger partial charge in [0.15, 0.2) is 11.6 Å². The van der Waals surface area contributed by atoms with E-state index in [4.69, 9.17) is 9.84 Å². The first-order valence-corrected chi connectivity index (χ1v) is 8.21. The van der Waals surface area contributed by atoms with Crippen LogP contribution in [0.3, 0.4) is 0 Å². The van der Waals surface area contributed by atoms with Crippen LogP contribution in [0.15, 0.2) is 23.1 Å². The van der Waals surface area contributed by atoms with Crippen LogP contribution in [-0.2, 0) is 14.8 Å². The Morgan fingerprint density at radius 2 is 2.05 bits per heavy atom. The van der Waals surface area contributed by atoms with Gasteiger partial charge in [0.1, 0.15) is 0 Å². The molecule has 0 spiro atoms. The maximum atomic E-state index is 13.3. The molecule has 0 aromatic heterocycles. The number of methoxy groups -OCH3 is 1. The molecule has 0 saturated heterocycles. The van der Waals surface area contributed by atoms with E-state index >= 15 is 0 Å². The van der Waals surface area contributed by atoms with Gasteiger partial charge in [-0.2, -0.15) is 0 Å². The van der Waals surface area contributed by atoms with E-state index in [2.05, 4.69) is 4.72 Å². The first-order chi connectivity index (χ1) is 10.2. The van der Waals surface area contributed by atoms with E-state index in [1.165, 1.54) is 7.11 Å². The quantitative estimate of drug-likeness (QED) is 0.757. The minimum atomic E-state index is -3.93. The molecule has 22 heavy (non-hydrogen) atoms. The van der Waals surface area contributed by atoms with Crippen molar-refractivity contribution in [1.29, 1.82) is 0 Å². The molecule has 0 bridgehead atoms. The molecule has 1 atom stereocenters. The second-order valence-electron chi connectivity index (χ2n) is 5.31. The van der Waals surface area contributed by atoms with Crippen LogP contribution in [0.2, 0.25) is 0 Å². The molecule has 6 nitrogen and oxygen atoms in total. The van der Waals surface area contributed by atoms with Crippen molar-refractivity contribution in [3.05, 3.63) is 24.0 Å². The van der Waals surface area contributed by atoms with E-state index in [1.54, 1.807) is 0 Å². The number of hydrogen-bond acceptors (Lipinski definition) is 4. The summed E-state index contributed by atoms with van der Waals surface area (Å²) >= 11 is 0. The minimum Gasteiger partial charge on any atom is -0.494 e. The van der Waals surface area contributed by atoms with Crippen LogP contribution < -0.4 is 9.46 Å². The van der Waals surface area contributed by atoms with Crippen molar-refractivity contribution in [2.24, 2.45) is 11.8 Å². The molecule has 1 rings (SSSR count). The van der Waals surface area contributed by atoms with Gasteiger partial charge < -0.3 is 9.84 Å². The summed E-state index contributed by atoms with van der Waals surface area (Å²) < 4.78 is 44.6. The highest BCUT2D eigenvalue weighted by atomic mass is 32.2. The fourth-order valence-electron chi connectivity index (χ4n) is 1.94. The molecule has 0 aliphatic heterocycles. The minimum absolute atomic E-state index is 0.122. The van der Waals surface area contributed by atoms with Crippen LogP contribution in [0, 0.1) is 17.7 Å². The summed E-state index contributed by atoms with van der Waals surface area (Å²) in [6, 6.07) is 3.13. The molecule has 1 unspecified atom stereocenters. The van der Waals surface area contributed by atoms with Crippen LogP contribution in [0.5, 0.6) is 5.75 Å². The molecule has 2 N–H and O–H groups in total. The first-order valence-electron chi connectivity index (χ1n) is 6.73. The van der Waals surface area contributed by atoms with Crippen molar-refractivity contribution in [2.45, 2.75) is 25.2 Å². The Balaban J connectivity index is 2.89. The van der Waals surface area contributed by atoms with Gasteiger partial charge in [-0.3, -0.25) is 4.79 Å². The number of halogens is 1. The van der Waals surface area contributed by atoms with Gasteiger partial charge in [0.05, 0.1) is 17.9 Å². The Labute approximate surface area is 129 Å². The maximum Gasteiger partial charge on any atom is 0.307 e. The normalized spacial score (nSPS) is 13.1. The first kappa shape index (κ1) is 18.4. The highest BCUT2D eigenvalue weighted by molar-refractivity contribution is 7.89. The molecular weight excluding hydrogens is 313 g/mol. The molecule has 0 fully saturated rings. The summed E-state index contributed by atoms with van der Waals surface area (Å²) in [5.74, 6) is -2.63. The van der Waals surface area contributed by atoms with Gasteiger partial charge in [0.25, 0.3) is 0 Å². The molecule has 0 aliphatic rings. The fraction of sp³-hybridized carbons (Fsp3) is 0.500. The van der Waals surface area contributed by atoms with E-state index in [-0.39, 0.29) is 23.1 Å². The third-order valence-corrected chi connectivity index (χ3v) is 4.48. The highest BCUT2D eigenvalue weighted by Crippen LogP contribution is 2.21. The van der Waals surface area contributed by atoms with Gasteiger partial charge in [-0.1, -0.05) is 13.8 Å². The van der Waals surface area contributed by atoms with Crippen molar-refractivity contribution in [1.82, 2.24) is 4.72 Å². The summed E-state index contributed by atoms with van der Waals surface area (Å²) in [5.41, 5.74) is 0. The summed E-state index contributed by atoms with van der Waals surface area (Å²) in [7, 11) is -2.71. The van der Waals surface area contributed by atoms with Crippen molar-refractivity contribution >= 4 is 16.0 Å². The molecule has 0 radical (unpaired) electrons. The standard InChI is InChI=1S/C14H20FNO5S/c1-9(2)6-10(14(17)18)8-16-22(19,20)11-4-5-12(15)13(7-11)21-3/h4-5,7,9-10,16H,6,8H2,1-3H3,(H,17,18). The smallest absolute Gasteiger partial charge is 0.307 e. The number of carbonyl (C=O) groups is 1. The lowest BCUT2D eigenvalue weighted by molar-refractivity contribution is -0.142. The molecule has 1 aromatic rings. The van der Waals surface area contributed by atoms with Gasteiger partial charge >= 0.3 is 5.97 Å². The van der Waals surface area contributed by atoms with E-state index in [0.29, 0.717) is 6.42 Å². The average Bonchev–Trinajstić information content (AvgIpc) is 2.43. The maximum absolute atomic E-state index is 13.3. The second-order valence-corrected chi connectivity index (χ2v) is 7.08. The molecule has 124 valence electrons. The van der Waals surface area contributed by atoms with Crippen LogP contribution in [0.25, 0.3) is 0 Å². The zero-order chi connectivity index (χ0) is 16.9. The molecule has 0 amide bonds. The third kappa shape index (κ3) is 4.96. The highest BCUT2D eigenvalue weighted by Gasteiger charge is 2.23. The predicted octanol–water partition coefficient (Wildman–Crippen LogP) is 1.86. The number of ether oxygens (including phenoxy) is 1. The fourth-order valence-corrected chi connectivity index (χ4v) is 3.04. The summed E-state index contributed by atoms with van der Waals surface area (Å²) in [6.45, 7) is 3.49. The average molecular weight is 333 g/mol. The lowest BCUT2D eigenvalue weighted by atomic mass is 9.98. The van der Waals surface area contributed by atoms with Gasteiger partial charge in [-0.15, -0.1) is 0 Å². The Kier molecular flexibility index (Phi) is 6.31. The number of rotatable bonds is 8. The molecule has 0 saturated carbocycles. The van der Waals surface area contributed by atoms with E-state index in [9.17, 15) is 17.6 Å². The summed E-state index contributed by atoms with van der Waals surface area (Å²) in [5, 5.41) is 9.10. The number of hydrogen-bond donors (Lipinski definition) is 2. The molecular formula is C14H20FNO5S. The van der Waals surface area contributed by atoms with Crippen LogP contribution in [-0.4, -0.2) is 33.1 Å². The van der Waals surface area contributed by atoms with Crippen molar-refractivity contribution < 1.29 is 27.4 Å². The SMILES string of the molecule is COc1cc(S(=O)(=O)NCC(CC(C)C)C(=O)O)ccc1F. The number of sulfonamides is 1. The topological polar surface area (TPSA) is 92.7 Å². The molecule has 1 aromatic carbocycles. The van der Waals surface area contributed by atoms with Crippen LogP contribution in [0.1, 0.15) is 20.3 Å². The van der Waals surface area contributed by atoms with Gasteiger partial charge in [0, 0.05) is 12.6 Å². The summed E-state index contributed by atoms with van der Waals surface area (Å²) in [6.07, 6.45) is 0.352. The predicted molar refractivity (Wildman–Crippen MR) is 78.7 cm³/mol. The number of nitrogens with one attached hydrogen (secondary N) is 1.